The standard InChI is InChI=1S/C12H11Cl2FN2O/c1-7-8(12(14)17(2)16-7)6-18-11-9(13)4-3-5-10(11)15/h3-5H,6H2,1-2H3. The summed E-state index contributed by atoms with van der Waals surface area (Å²) in [6.07, 6.45) is 0. The molecule has 0 N–H and O–H groups in total. The van der Waals surface area contributed by atoms with Crippen LogP contribution in [0.1, 0.15) is 11.3 Å². The second-order valence-electron chi connectivity index (χ2n) is 3.82. The van der Waals surface area contributed by atoms with Crippen LogP contribution >= 0.6 is 23.2 Å². The van der Waals surface area contributed by atoms with Gasteiger partial charge < -0.3 is 4.74 Å². The van der Waals surface area contributed by atoms with Crippen LogP contribution in [0.4, 0.5) is 4.39 Å². The zero-order valence-corrected chi connectivity index (χ0v) is 11.4. The number of ether oxygens (including phenoxy) is 1. The lowest BCUT2D eigenvalue weighted by Gasteiger charge is -2.08. The number of hydrogen-bond donors (Lipinski definition) is 0. The highest BCUT2D eigenvalue weighted by Crippen LogP contribution is 2.29. The average Bonchev–Trinajstić information content (AvgIpc) is 2.54. The molecule has 1 aromatic carbocycles. The van der Waals surface area contributed by atoms with Crippen LogP contribution < -0.4 is 4.74 Å². The first-order valence-corrected chi connectivity index (χ1v) is 6.01. The van der Waals surface area contributed by atoms with Gasteiger partial charge in [-0.2, -0.15) is 5.10 Å². The summed E-state index contributed by atoms with van der Waals surface area (Å²) in [6.45, 7) is 1.94. The Balaban J connectivity index is 2.22. The van der Waals surface area contributed by atoms with Crippen molar-refractivity contribution in [1.29, 1.82) is 0 Å². The first-order chi connectivity index (χ1) is 8.50. The molecule has 2 aromatic rings. The lowest BCUT2D eigenvalue weighted by Crippen LogP contribution is -1.99. The monoisotopic (exact) mass is 288 g/mol. The first-order valence-electron chi connectivity index (χ1n) is 5.25. The molecule has 1 heterocycles. The maximum atomic E-state index is 13.5. The molecule has 3 nitrogen and oxygen atoms in total. The topological polar surface area (TPSA) is 27.1 Å². The largest absolute Gasteiger partial charge is 0.484 e. The number of halogens is 3. The number of para-hydroxylation sites is 1. The summed E-state index contributed by atoms with van der Waals surface area (Å²) >= 11 is 11.9. The quantitative estimate of drug-likeness (QED) is 0.860. The number of benzene rings is 1. The highest BCUT2D eigenvalue weighted by Gasteiger charge is 2.14. The van der Waals surface area contributed by atoms with Crippen molar-refractivity contribution in [1.82, 2.24) is 9.78 Å². The van der Waals surface area contributed by atoms with Crippen LogP contribution in [0.5, 0.6) is 5.75 Å². The van der Waals surface area contributed by atoms with Crippen molar-refractivity contribution >= 4 is 23.2 Å². The van der Waals surface area contributed by atoms with E-state index in [1.165, 1.54) is 12.1 Å². The third kappa shape index (κ3) is 2.44. The normalized spacial score (nSPS) is 10.7. The molecule has 0 aliphatic rings. The van der Waals surface area contributed by atoms with Gasteiger partial charge in [0.25, 0.3) is 0 Å². The zero-order chi connectivity index (χ0) is 13.3. The van der Waals surface area contributed by atoms with E-state index in [0.717, 1.165) is 11.3 Å². The summed E-state index contributed by atoms with van der Waals surface area (Å²) in [7, 11) is 1.73. The number of aromatic nitrogens is 2. The number of nitrogens with zero attached hydrogens (tertiary/aromatic N) is 2. The van der Waals surface area contributed by atoms with Crippen molar-refractivity contribution in [3.05, 3.63) is 45.4 Å². The Morgan fingerprint density at radius 3 is 2.67 bits per heavy atom. The predicted molar refractivity (Wildman–Crippen MR) is 68.7 cm³/mol. The molecule has 18 heavy (non-hydrogen) atoms. The molecule has 0 saturated carbocycles. The molecule has 0 unspecified atom stereocenters. The maximum absolute atomic E-state index is 13.5. The molecule has 0 amide bonds. The molecule has 0 bridgehead atoms. The summed E-state index contributed by atoms with van der Waals surface area (Å²) in [5.74, 6) is -0.473. The molecule has 0 spiro atoms. The Kier molecular flexibility index (Phi) is 3.78. The highest BCUT2D eigenvalue weighted by atomic mass is 35.5. The minimum atomic E-state index is -0.500. The van der Waals surface area contributed by atoms with Crippen LogP contribution in [-0.2, 0) is 13.7 Å². The molecule has 0 saturated heterocycles. The van der Waals surface area contributed by atoms with Gasteiger partial charge in [0, 0.05) is 12.6 Å². The summed E-state index contributed by atoms with van der Waals surface area (Å²) in [5, 5.41) is 4.85. The predicted octanol–water partition coefficient (Wildman–Crippen LogP) is 3.75. The van der Waals surface area contributed by atoms with Crippen molar-refractivity contribution in [3.8, 4) is 5.75 Å². The van der Waals surface area contributed by atoms with Gasteiger partial charge in [-0.15, -0.1) is 0 Å². The van der Waals surface area contributed by atoms with Gasteiger partial charge in [0.15, 0.2) is 11.6 Å². The molecular weight excluding hydrogens is 278 g/mol. The molecule has 0 atom stereocenters. The smallest absolute Gasteiger partial charge is 0.174 e. The van der Waals surface area contributed by atoms with Crippen LogP contribution in [0.25, 0.3) is 0 Å². The molecule has 0 aliphatic heterocycles. The summed E-state index contributed by atoms with van der Waals surface area (Å²) in [4.78, 5) is 0. The second kappa shape index (κ2) is 5.16. The zero-order valence-electron chi connectivity index (χ0n) is 9.88. The Bertz CT molecular complexity index is 563. The van der Waals surface area contributed by atoms with Gasteiger partial charge in [-0.1, -0.05) is 29.3 Å². The molecule has 6 heteroatoms. The van der Waals surface area contributed by atoms with E-state index >= 15 is 0 Å². The van der Waals surface area contributed by atoms with Crippen LogP contribution in [-0.4, -0.2) is 9.78 Å². The summed E-state index contributed by atoms with van der Waals surface area (Å²) in [6, 6.07) is 4.38. The molecule has 96 valence electrons. The minimum Gasteiger partial charge on any atom is -0.484 e. The van der Waals surface area contributed by atoms with Gasteiger partial charge in [-0.25, -0.2) is 4.39 Å². The molecule has 0 fully saturated rings. The molecule has 0 aliphatic carbocycles. The fraction of sp³-hybridized carbons (Fsp3) is 0.250. The molecule has 1 aromatic heterocycles. The van der Waals surface area contributed by atoms with E-state index < -0.39 is 5.82 Å². The van der Waals surface area contributed by atoms with Crippen molar-refractivity contribution in [2.45, 2.75) is 13.5 Å². The van der Waals surface area contributed by atoms with Gasteiger partial charge in [0.05, 0.1) is 10.7 Å². The van der Waals surface area contributed by atoms with Crippen molar-refractivity contribution in [2.75, 3.05) is 0 Å². The number of rotatable bonds is 3. The second-order valence-corrected chi connectivity index (χ2v) is 4.58. The third-order valence-corrected chi connectivity index (χ3v) is 3.32. The SMILES string of the molecule is Cc1nn(C)c(Cl)c1COc1c(F)cccc1Cl. The maximum Gasteiger partial charge on any atom is 0.174 e. The van der Waals surface area contributed by atoms with E-state index in [1.807, 2.05) is 6.92 Å². The molecule has 2 rings (SSSR count). The van der Waals surface area contributed by atoms with E-state index in [9.17, 15) is 4.39 Å². The molecule has 0 radical (unpaired) electrons. The summed E-state index contributed by atoms with van der Waals surface area (Å²) < 4.78 is 20.4. The van der Waals surface area contributed by atoms with Gasteiger partial charge in [-0.05, 0) is 19.1 Å². The van der Waals surface area contributed by atoms with E-state index in [-0.39, 0.29) is 17.4 Å². The van der Waals surface area contributed by atoms with Gasteiger partial charge in [0.1, 0.15) is 11.8 Å². The van der Waals surface area contributed by atoms with E-state index in [1.54, 1.807) is 17.8 Å². The Morgan fingerprint density at radius 2 is 2.11 bits per heavy atom. The van der Waals surface area contributed by atoms with Crippen LogP contribution in [0.15, 0.2) is 18.2 Å². The Labute approximate surface area is 114 Å². The van der Waals surface area contributed by atoms with Crippen molar-refractivity contribution in [2.24, 2.45) is 7.05 Å². The van der Waals surface area contributed by atoms with Gasteiger partial charge in [0.2, 0.25) is 0 Å². The lowest BCUT2D eigenvalue weighted by atomic mass is 10.3. The van der Waals surface area contributed by atoms with E-state index in [0.29, 0.717) is 5.15 Å². The number of aryl methyl sites for hydroxylation is 2. The Hall–Kier alpha value is -1.26. The van der Waals surface area contributed by atoms with Crippen LogP contribution in [0, 0.1) is 12.7 Å². The minimum absolute atomic E-state index is 0.0264. The van der Waals surface area contributed by atoms with Crippen molar-refractivity contribution in [3.63, 3.8) is 0 Å². The summed E-state index contributed by atoms with van der Waals surface area (Å²) in [5.41, 5.74) is 1.47. The highest BCUT2D eigenvalue weighted by molar-refractivity contribution is 6.32. The van der Waals surface area contributed by atoms with E-state index in [2.05, 4.69) is 5.10 Å². The van der Waals surface area contributed by atoms with Gasteiger partial charge in [-0.3, -0.25) is 4.68 Å². The average molecular weight is 289 g/mol. The fourth-order valence-electron chi connectivity index (χ4n) is 1.60. The van der Waals surface area contributed by atoms with Gasteiger partial charge >= 0.3 is 0 Å². The van der Waals surface area contributed by atoms with Crippen LogP contribution in [0.3, 0.4) is 0 Å². The fourth-order valence-corrected chi connectivity index (χ4v) is 2.05. The number of hydrogen-bond acceptors (Lipinski definition) is 2. The first kappa shape index (κ1) is 13.2. The lowest BCUT2D eigenvalue weighted by molar-refractivity contribution is 0.290. The van der Waals surface area contributed by atoms with Crippen molar-refractivity contribution < 1.29 is 9.13 Å². The Morgan fingerprint density at radius 1 is 1.39 bits per heavy atom. The van der Waals surface area contributed by atoms with Crippen LogP contribution in [0.2, 0.25) is 10.2 Å². The van der Waals surface area contributed by atoms with E-state index in [4.69, 9.17) is 27.9 Å². The third-order valence-electron chi connectivity index (χ3n) is 2.55. The molecular formula is C12H11Cl2FN2O.